The van der Waals surface area contributed by atoms with Crippen molar-refractivity contribution in [3.8, 4) is 61.3 Å². The lowest BCUT2D eigenvalue weighted by Gasteiger charge is -2.47. The lowest BCUT2D eigenvalue weighted by molar-refractivity contribution is 0.590. The van der Waals surface area contributed by atoms with Gasteiger partial charge in [-0.2, -0.15) is 0 Å². The Labute approximate surface area is 649 Å². The summed E-state index contributed by atoms with van der Waals surface area (Å²) in [6.45, 7) is 35.2. The van der Waals surface area contributed by atoms with E-state index in [1.54, 1.807) is 0 Å². The van der Waals surface area contributed by atoms with Crippen LogP contribution in [0.2, 0.25) is 0 Å². The molecule has 0 unspecified atom stereocenters. The Morgan fingerprint density at radius 1 is 0.236 bits per heavy atom. The van der Waals surface area contributed by atoms with Crippen molar-refractivity contribution in [2.75, 3.05) is 9.80 Å². The Morgan fingerprint density at radius 3 is 1.04 bits per heavy atom. The summed E-state index contributed by atoms with van der Waals surface area (Å²) in [6.07, 6.45) is 0. The molecule has 0 amide bonds. The zero-order valence-electron chi connectivity index (χ0n) is 66.2. The summed E-state index contributed by atoms with van der Waals surface area (Å²) in [7, 11) is 0. The Hall–Kier alpha value is -11.7. The van der Waals surface area contributed by atoms with E-state index in [0.29, 0.717) is 0 Å². The molecule has 2 aliphatic rings. The van der Waals surface area contributed by atoms with Crippen LogP contribution in [0.25, 0.3) is 126 Å². The number of hydrogen-bond donors (Lipinski definition) is 0. The van der Waals surface area contributed by atoms with Crippen LogP contribution < -0.4 is 26.2 Å². The number of benzene rings is 16. The first kappa shape index (κ1) is 68.8. The van der Waals surface area contributed by atoms with Gasteiger partial charge in [0, 0.05) is 61.5 Å². The topological polar surface area (TPSA) is 11.4 Å². The SMILES string of the molecule is CC(C)(C)c1cc(-c2ccccc2)c(N2c3cc(-c4ccc5c6cccc7cccc(c8cccc4c85)c76)ccc3B3c4ccc(-n5c6ccc(C(C)(C)C)cc6c6cc(C(C)(C)C)ccc65)cc4N(c4c(-c5ccccc5)cc(C(C)(C)C)cc4-c4ccccc4)c4cc(C(C)(C)C)cc2c43)c(-c2ccccc2)c1. The first-order chi connectivity index (χ1) is 52.7. The van der Waals surface area contributed by atoms with Gasteiger partial charge in [0.25, 0.3) is 6.71 Å². The molecular weight excluding hydrogens is 1330 g/mol. The molecule has 3 nitrogen and oxygen atoms in total. The highest BCUT2D eigenvalue weighted by atomic mass is 15.2. The average Bonchev–Trinajstić information content (AvgIpc) is 0.729. The van der Waals surface area contributed by atoms with E-state index in [2.05, 4.69) is 415 Å². The maximum Gasteiger partial charge on any atom is 0.252 e. The van der Waals surface area contributed by atoms with E-state index in [4.69, 9.17) is 0 Å². The lowest BCUT2D eigenvalue weighted by Crippen LogP contribution is -2.61. The maximum absolute atomic E-state index is 2.76. The number of hydrogen-bond acceptors (Lipinski definition) is 2. The average molecular weight is 1420 g/mol. The molecule has 2 aliphatic heterocycles. The highest BCUT2D eigenvalue weighted by molar-refractivity contribution is 7.00. The van der Waals surface area contributed by atoms with Gasteiger partial charge < -0.3 is 14.4 Å². The summed E-state index contributed by atoms with van der Waals surface area (Å²) in [5.41, 5.74) is 31.5. The van der Waals surface area contributed by atoms with Crippen LogP contribution in [0, 0.1) is 0 Å². The molecule has 19 rings (SSSR count). The van der Waals surface area contributed by atoms with Crippen LogP contribution in [0.4, 0.5) is 34.1 Å². The maximum atomic E-state index is 2.76. The van der Waals surface area contributed by atoms with E-state index < -0.39 is 0 Å². The monoisotopic (exact) mass is 1420 g/mol. The fourth-order valence-electron chi connectivity index (χ4n) is 18.3. The summed E-state index contributed by atoms with van der Waals surface area (Å²) >= 11 is 0. The third kappa shape index (κ3) is 11.0. The minimum absolute atomic E-state index is 0.0592. The second-order valence-corrected chi connectivity index (χ2v) is 36.5. The zero-order chi connectivity index (χ0) is 75.8. The first-order valence-electron chi connectivity index (χ1n) is 39.6. The molecule has 3 heterocycles. The van der Waals surface area contributed by atoms with Crippen molar-refractivity contribution in [3.63, 3.8) is 0 Å². The van der Waals surface area contributed by atoms with E-state index in [0.717, 1.165) is 50.7 Å². The van der Waals surface area contributed by atoms with E-state index in [1.807, 2.05) is 0 Å². The Kier molecular flexibility index (Phi) is 15.6. The number of rotatable bonds is 8. The summed E-state index contributed by atoms with van der Waals surface area (Å²) in [5, 5.41) is 12.8. The van der Waals surface area contributed by atoms with Gasteiger partial charge in [0.05, 0.1) is 22.4 Å². The molecule has 0 atom stereocenters. The molecule has 0 radical (unpaired) electrons. The van der Waals surface area contributed by atoms with Gasteiger partial charge in [-0.05, 0) is 227 Å². The Bertz CT molecular complexity index is 6340. The van der Waals surface area contributed by atoms with Crippen LogP contribution in [0.3, 0.4) is 0 Å². The van der Waals surface area contributed by atoms with Gasteiger partial charge in [0.2, 0.25) is 0 Å². The van der Waals surface area contributed by atoms with Crippen molar-refractivity contribution < 1.29 is 0 Å². The smallest absolute Gasteiger partial charge is 0.252 e. The molecule has 16 aromatic carbocycles. The van der Waals surface area contributed by atoms with E-state index in [-0.39, 0.29) is 33.8 Å². The molecule has 0 spiro atoms. The molecule has 0 N–H and O–H groups in total. The predicted molar refractivity (Wildman–Crippen MR) is 477 cm³/mol. The van der Waals surface area contributed by atoms with Crippen LogP contribution in [-0.2, 0) is 27.1 Å². The van der Waals surface area contributed by atoms with Crippen molar-refractivity contribution >= 4 is 122 Å². The fraction of sp³-hybridized carbons (Fsp3) is 0.189. The Balaban J connectivity index is 0.988. The van der Waals surface area contributed by atoms with Crippen molar-refractivity contribution in [1.82, 2.24) is 4.57 Å². The summed E-state index contributed by atoms with van der Waals surface area (Å²) < 4.78 is 2.58. The minimum Gasteiger partial charge on any atom is -0.310 e. The molecule has 0 aliphatic carbocycles. The second-order valence-electron chi connectivity index (χ2n) is 36.5. The van der Waals surface area contributed by atoms with Gasteiger partial charge in [-0.3, -0.25) is 0 Å². The largest absolute Gasteiger partial charge is 0.310 e. The molecule has 0 saturated carbocycles. The normalized spacial score (nSPS) is 13.4. The fourth-order valence-corrected chi connectivity index (χ4v) is 18.3. The van der Waals surface area contributed by atoms with Gasteiger partial charge >= 0.3 is 0 Å². The number of fused-ring (bicyclic) bond motifs is 9. The quantitative estimate of drug-likeness (QED) is 0.0853. The van der Waals surface area contributed by atoms with Gasteiger partial charge in [-0.15, -0.1) is 0 Å². The van der Waals surface area contributed by atoms with Gasteiger partial charge in [-0.25, -0.2) is 0 Å². The highest BCUT2D eigenvalue weighted by Crippen LogP contribution is 2.57. The van der Waals surface area contributed by atoms with Crippen LogP contribution >= 0.6 is 0 Å². The van der Waals surface area contributed by atoms with E-state index >= 15 is 0 Å². The van der Waals surface area contributed by atoms with Crippen molar-refractivity contribution in [3.05, 3.63) is 325 Å². The van der Waals surface area contributed by atoms with Gasteiger partial charge in [0.15, 0.2) is 0 Å². The summed E-state index contributed by atoms with van der Waals surface area (Å²) in [5.74, 6) is 0. The molecular formula is C106H94BN3. The third-order valence-electron chi connectivity index (χ3n) is 24.3. The minimum atomic E-state index is -0.336. The molecule has 1 aromatic heterocycles. The van der Waals surface area contributed by atoms with Gasteiger partial charge in [0.1, 0.15) is 0 Å². The summed E-state index contributed by atoms with van der Waals surface area (Å²) in [6, 6.07) is 116. The number of aromatic nitrogens is 1. The van der Waals surface area contributed by atoms with Gasteiger partial charge in [-0.1, -0.05) is 322 Å². The molecule has 0 bridgehead atoms. The van der Waals surface area contributed by atoms with Crippen LogP contribution in [-0.4, -0.2) is 11.3 Å². The van der Waals surface area contributed by atoms with Crippen LogP contribution in [0.15, 0.2) is 297 Å². The first-order valence-corrected chi connectivity index (χ1v) is 39.6. The standard InChI is InChI=1S/C106H94BN3/c1-102(2,3)71-46-53-91-87(56-71)88-57-72(103(4,5)6)47-54-92(88)108(91)76-48-52-90-94(64-76)110(101-85(67-35-24-18-25-36-67)60-74(105(10,11)12)61-86(101)68-37-26-19-27-38-68)96-63-75(106(13,14)15)62-95-99(96)107(90)89-51-45-70(77-49-50-82-80-42-29-40-69-39-28-41-79(97(69)80)81-44-30-43-78(77)98(81)82)55-93(89)109(95)100-83(65-31-20-16-21-32-65)58-73(104(7,8)9)59-84(100)66-33-22-17-23-34-66/h16-64H,1-15H3. The molecule has 0 fully saturated rings. The summed E-state index contributed by atoms with van der Waals surface area (Å²) in [4.78, 5) is 5.52. The third-order valence-corrected chi connectivity index (χ3v) is 24.3. The molecule has 536 valence electrons. The predicted octanol–water partition coefficient (Wildman–Crippen LogP) is 27.7. The number of nitrogens with zero attached hydrogens (tertiary/aromatic N) is 3. The van der Waals surface area contributed by atoms with Crippen molar-refractivity contribution in [2.24, 2.45) is 0 Å². The van der Waals surface area contributed by atoms with Crippen LogP contribution in [0.1, 0.15) is 132 Å². The van der Waals surface area contributed by atoms with Crippen LogP contribution in [0.5, 0.6) is 0 Å². The lowest BCUT2D eigenvalue weighted by atomic mass is 9.33. The molecule has 0 saturated heterocycles. The zero-order valence-corrected chi connectivity index (χ0v) is 66.2. The highest BCUT2D eigenvalue weighted by Gasteiger charge is 2.47. The number of anilines is 6. The molecule has 17 aromatic rings. The molecule has 110 heavy (non-hydrogen) atoms. The van der Waals surface area contributed by atoms with E-state index in [9.17, 15) is 0 Å². The Morgan fingerprint density at radius 2 is 0.609 bits per heavy atom. The second kappa shape index (κ2) is 24.9. The van der Waals surface area contributed by atoms with E-state index in [1.165, 1.54) is 154 Å². The van der Waals surface area contributed by atoms with Crippen molar-refractivity contribution in [1.29, 1.82) is 0 Å². The molecule has 4 heteroatoms. The van der Waals surface area contributed by atoms with Crippen molar-refractivity contribution in [2.45, 2.75) is 131 Å².